The Kier molecular flexibility index (Phi) is 8.05. The van der Waals surface area contributed by atoms with E-state index in [9.17, 15) is 20.1 Å². The Balaban J connectivity index is 0.000000303. The molecular formula is C25H26O11. The quantitative estimate of drug-likeness (QED) is 0.257. The van der Waals surface area contributed by atoms with Gasteiger partial charge in [0.2, 0.25) is 5.75 Å². The van der Waals surface area contributed by atoms with Crippen LogP contribution >= 0.6 is 0 Å². The van der Waals surface area contributed by atoms with Crippen molar-refractivity contribution in [2.75, 3.05) is 27.9 Å². The zero-order valence-electron chi connectivity index (χ0n) is 19.7. The third kappa shape index (κ3) is 5.69. The Morgan fingerprint density at radius 3 is 2.03 bits per heavy atom. The van der Waals surface area contributed by atoms with E-state index in [1.165, 1.54) is 39.5 Å². The summed E-state index contributed by atoms with van der Waals surface area (Å²) in [5, 5.41) is 46.4. The molecule has 3 aromatic rings. The number of hydrogen-bond donors (Lipinski definition) is 5. The maximum atomic E-state index is 12.3. The molecule has 0 radical (unpaired) electrons. The highest BCUT2D eigenvalue weighted by Gasteiger charge is 2.28. The third-order valence-electron chi connectivity index (χ3n) is 5.21. The van der Waals surface area contributed by atoms with Crippen molar-refractivity contribution in [3.05, 3.63) is 53.6 Å². The first-order valence-corrected chi connectivity index (χ1v) is 10.6. The van der Waals surface area contributed by atoms with E-state index >= 15 is 0 Å². The summed E-state index contributed by atoms with van der Waals surface area (Å²) in [6.07, 6.45) is -0.222. The first-order valence-electron chi connectivity index (χ1n) is 10.6. The normalized spacial score (nSPS) is 13.8. The Morgan fingerprint density at radius 2 is 1.50 bits per heavy atom. The molecule has 0 bridgehead atoms. The summed E-state index contributed by atoms with van der Waals surface area (Å²) in [5.74, 6) is -0.950. The average Bonchev–Trinajstić information content (AvgIpc) is 2.86. The maximum Gasteiger partial charge on any atom is 0.338 e. The van der Waals surface area contributed by atoms with Gasteiger partial charge in [-0.3, -0.25) is 0 Å². The fraction of sp³-hybridized carbons (Fsp3) is 0.240. The summed E-state index contributed by atoms with van der Waals surface area (Å²) >= 11 is 0. The van der Waals surface area contributed by atoms with Gasteiger partial charge in [0.1, 0.15) is 30.0 Å². The molecule has 0 unspecified atom stereocenters. The van der Waals surface area contributed by atoms with E-state index in [0.29, 0.717) is 23.7 Å². The number of rotatable bonds is 5. The number of esters is 1. The number of ether oxygens (including phenoxy) is 5. The topological polar surface area (TPSA) is 164 Å². The van der Waals surface area contributed by atoms with Crippen LogP contribution in [0, 0.1) is 0 Å². The molecule has 0 spiro atoms. The van der Waals surface area contributed by atoms with Gasteiger partial charge in [-0.2, -0.15) is 0 Å². The lowest BCUT2D eigenvalue weighted by Crippen LogP contribution is -2.31. The third-order valence-corrected chi connectivity index (χ3v) is 5.21. The lowest BCUT2D eigenvalue weighted by molar-refractivity contribution is 0.0127. The summed E-state index contributed by atoms with van der Waals surface area (Å²) in [5.41, 5.74) is 0.652. The predicted octanol–water partition coefficient (Wildman–Crippen LogP) is 3.09. The molecule has 1 heterocycles. The molecule has 1 aliphatic heterocycles. The lowest BCUT2D eigenvalue weighted by atomic mass is 10.0. The van der Waals surface area contributed by atoms with Crippen molar-refractivity contribution in [3.63, 3.8) is 0 Å². The second-order valence-corrected chi connectivity index (χ2v) is 7.54. The Morgan fingerprint density at radius 1 is 0.861 bits per heavy atom. The van der Waals surface area contributed by atoms with Crippen molar-refractivity contribution in [1.29, 1.82) is 0 Å². The molecule has 11 heteroatoms. The maximum absolute atomic E-state index is 12.3. The molecule has 192 valence electrons. The van der Waals surface area contributed by atoms with E-state index in [4.69, 9.17) is 29.2 Å². The first kappa shape index (κ1) is 25.9. The Bertz CT molecular complexity index is 1180. The van der Waals surface area contributed by atoms with Crippen LogP contribution in [0.1, 0.15) is 15.9 Å². The molecule has 1 aliphatic rings. The number of hydrogen-bond acceptors (Lipinski definition) is 11. The van der Waals surface area contributed by atoms with Crippen LogP contribution in [0.2, 0.25) is 0 Å². The van der Waals surface area contributed by atoms with Crippen LogP contribution in [0.25, 0.3) is 0 Å². The molecule has 4 rings (SSSR count). The van der Waals surface area contributed by atoms with Gasteiger partial charge in [-0.1, -0.05) is 6.07 Å². The average molecular weight is 502 g/mol. The Hall–Kier alpha value is -4.67. The van der Waals surface area contributed by atoms with Gasteiger partial charge in [0.15, 0.2) is 28.7 Å². The minimum atomic E-state index is -0.764. The fourth-order valence-corrected chi connectivity index (χ4v) is 3.43. The largest absolute Gasteiger partial charge is 0.504 e. The lowest BCUT2D eigenvalue weighted by Gasteiger charge is -2.27. The number of carbonyl (C=O) groups excluding carboxylic acids is 1. The summed E-state index contributed by atoms with van der Waals surface area (Å²) in [6.45, 7) is 0.130. The smallest absolute Gasteiger partial charge is 0.338 e. The molecule has 0 amide bonds. The van der Waals surface area contributed by atoms with Gasteiger partial charge in [-0.25, -0.2) is 4.79 Å². The van der Waals surface area contributed by atoms with Crippen LogP contribution in [0.3, 0.4) is 0 Å². The van der Waals surface area contributed by atoms with Crippen molar-refractivity contribution in [2.24, 2.45) is 0 Å². The second kappa shape index (κ2) is 11.2. The van der Waals surface area contributed by atoms with Crippen LogP contribution in [0.4, 0.5) is 0 Å². The molecule has 0 aliphatic carbocycles. The van der Waals surface area contributed by atoms with Crippen LogP contribution < -0.4 is 18.9 Å². The molecule has 11 nitrogen and oxygen atoms in total. The molecule has 5 N–H and O–H groups in total. The van der Waals surface area contributed by atoms with Gasteiger partial charge in [0.25, 0.3) is 0 Å². The molecule has 3 aromatic carbocycles. The number of fused-ring (bicyclic) bond motifs is 1. The van der Waals surface area contributed by atoms with Gasteiger partial charge in [0.05, 0.1) is 26.9 Å². The Labute approximate surface area is 206 Å². The molecule has 0 fully saturated rings. The predicted molar refractivity (Wildman–Crippen MR) is 126 cm³/mol. The van der Waals surface area contributed by atoms with E-state index in [1.807, 2.05) is 0 Å². The zero-order valence-corrected chi connectivity index (χ0v) is 19.7. The summed E-state index contributed by atoms with van der Waals surface area (Å²) in [6, 6.07) is 9.89. The fourth-order valence-electron chi connectivity index (χ4n) is 3.43. The van der Waals surface area contributed by atoms with E-state index < -0.39 is 29.3 Å². The second-order valence-electron chi connectivity index (χ2n) is 7.54. The summed E-state index contributed by atoms with van der Waals surface area (Å²) in [4.78, 5) is 12.3. The molecule has 0 saturated heterocycles. The summed E-state index contributed by atoms with van der Waals surface area (Å²) in [7, 11) is 4.44. The number of aromatic hydroxyl groups is 5. The highest BCUT2D eigenvalue weighted by atomic mass is 16.6. The van der Waals surface area contributed by atoms with Crippen LogP contribution in [-0.4, -0.2) is 65.5 Å². The molecule has 1 atom stereocenters. The SMILES string of the molecule is COc1c(O)cccc1O.COc1cc(OC)c2c(c1)OC[C@H](OC(=O)c1cc(O)c(O)c(O)c1)C2. The van der Waals surface area contributed by atoms with Gasteiger partial charge >= 0.3 is 5.97 Å². The number of phenols is 5. The van der Waals surface area contributed by atoms with Crippen LogP contribution in [-0.2, 0) is 11.2 Å². The van der Waals surface area contributed by atoms with Gasteiger partial charge in [-0.05, 0) is 24.3 Å². The molecular weight excluding hydrogens is 476 g/mol. The van der Waals surface area contributed by atoms with E-state index in [1.54, 1.807) is 12.1 Å². The number of benzene rings is 3. The van der Waals surface area contributed by atoms with Gasteiger partial charge < -0.3 is 49.2 Å². The van der Waals surface area contributed by atoms with Gasteiger partial charge in [0, 0.05) is 24.1 Å². The van der Waals surface area contributed by atoms with Crippen LogP contribution in [0.5, 0.6) is 51.7 Å². The summed E-state index contributed by atoms with van der Waals surface area (Å²) < 4.78 is 26.2. The number of carbonyl (C=O) groups is 1. The van der Waals surface area contributed by atoms with E-state index in [2.05, 4.69) is 4.74 Å². The molecule has 0 saturated carbocycles. The van der Waals surface area contributed by atoms with Crippen LogP contribution in [0.15, 0.2) is 42.5 Å². The van der Waals surface area contributed by atoms with Crippen molar-refractivity contribution in [3.8, 4) is 51.7 Å². The zero-order chi connectivity index (χ0) is 26.4. The van der Waals surface area contributed by atoms with Gasteiger partial charge in [-0.15, -0.1) is 0 Å². The van der Waals surface area contributed by atoms with Crippen molar-refractivity contribution >= 4 is 5.97 Å². The van der Waals surface area contributed by atoms with Crippen molar-refractivity contribution in [2.45, 2.75) is 12.5 Å². The van der Waals surface area contributed by atoms with E-state index in [-0.39, 0.29) is 29.4 Å². The molecule has 0 aromatic heterocycles. The monoisotopic (exact) mass is 502 g/mol. The minimum Gasteiger partial charge on any atom is -0.504 e. The highest BCUT2D eigenvalue weighted by Crippen LogP contribution is 2.39. The molecule has 36 heavy (non-hydrogen) atoms. The minimum absolute atomic E-state index is 0.0532. The van der Waals surface area contributed by atoms with E-state index in [0.717, 1.165) is 17.7 Å². The standard InChI is InChI=1S/C18H18O8.C7H8O3/c1-23-10-6-15(24-2)12-5-11(8-25-16(12)7-10)26-18(22)9-3-13(19)17(21)14(20)4-9;1-10-7-5(8)3-2-4-6(7)9/h3-4,6-7,11,19-21H,5,8H2,1-2H3;2-4,8-9H,1H3/t11-;/m1./s1. The van der Waals surface area contributed by atoms with Crippen molar-refractivity contribution in [1.82, 2.24) is 0 Å². The number of methoxy groups -OCH3 is 3. The number of para-hydroxylation sites is 1. The van der Waals surface area contributed by atoms with Crippen molar-refractivity contribution < 1.29 is 54.0 Å². The highest BCUT2D eigenvalue weighted by molar-refractivity contribution is 5.91. The number of phenolic OH excluding ortho intramolecular Hbond substituents is 5. The first-order chi connectivity index (χ1) is 17.2.